The first-order valence-electron chi connectivity index (χ1n) is 8.96. The van der Waals surface area contributed by atoms with Crippen LogP contribution >= 0.6 is 0 Å². The Hall–Kier alpha value is -2.11. The molecular weight excluding hydrogens is 304 g/mol. The topological polar surface area (TPSA) is 58.4 Å². The number of aromatic nitrogens is 2. The Balaban J connectivity index is 1.55. The fourth-order valence-corrected chi connectivity index (χ4v) is 4.08. The number of nitrogens with zero attached hydrogens (tertiary/aromatic N) is 4. The number of carbonyl (C=O) groups excluding carboxylic acids is 2. The molecule has 0 spiro atoms. The summed E-state index contributed by atoms with van der Waals surface area (Å²) in [5, 5.41) is 4.38. The van der Waals surface area contributed by atoms with E-state index in [1.165, 1.54) is 0 Å². The van der Waals surface area contributed by atoms with Gasteiger partial charge in [0.1, 0.15) is 0 Å². The number of fused-ring (bicyclic) bond motifs is 1. The van der Waals surface area contributed by atoms with Gasteiger partial charge in [-0.25, -0.2) is 0 Å². The molecule has 0 unspecified atom stereocenters. The lowest BCUT2D eigenvalue weighted by atomic mass is 10.0. The molecule has 1 fully saturated rings. The van der Waals surface area contributed by atoms with E-state index >= 15 is 0 Å². The standard InChI is InChI=1S/C18H24N4O2/c23-17-6-3-10-20(17)12-15-8-11-22-16(7-9-19-22)13-21(15)18(24)14-4-1-2-5-14/h1-2,7,9,14-15H,3-6,8,10-13H2/t15-/m1/s1. The molecule has 24 heavy (non-hydrogen) atoms. The Morgan fingerprint density at radius 3 is 2.83 bits per heavy atom. The lowest BCUT2D eigenvalue weighted by Crippen LogP contribution is -2.48. The van der Waals surface area contributed by atoms with Crippen molar-refractivity contribution in [2.24, 2.45) is 5.92 Å². The molecule has 1 aromatic heterocycles. The van der Waals surface area contributed by atoms with Crippen LogP contribution in [0.15, 0.2) is 24.4 Å². The first-order chi connectivity index (χ1) is 11.7. The van der Waals surface area contributed by atoms with Gasteiger partial charge in [-0.2, -0.15) is 5.10 Å². The Morgan fingerprint density at radius 1 is 1.25 bits per heavy atom. The van der Waals surface area contributed by atoms with Gasteiger partial charge in [-0.3, -0.25) is 14.3 Å². The van der Waals surface area contributed by atoms with Gasteiger partial charge in [-0.05, 0) is 31.7 Å². The van der Waals surface area contributed by atoms with Gasteiger partial charge in [0.25, 0.3) is 0 Å². The van der Waals surface area contributed by atoms with Crippen molar-refractivity contribution in [2.75, 3.05) is 13.1 Å². The predicted molar refractivity (Wildman–Crippen MR) is 88.9 cm³/mol. The third-order valence-corrected chi connectivity index (χ3v) is 5.49. The first-order valence-corrected chi connectivity index (χ1v) is 8.96. The molecule has 2 amide bonds. The quantitative estimate of drug-likeness (QED) is 0.792. The van der Waals surface area contributed by atoms with E-state index in [-0.39, 0.29) is 23.8 Å². The van der Waals surface area contributed by atoms with Crippen LogP contribution in [0.5, 0.6) is 0 Å². The van der Waals surface area contributed by atoms with Crippen LogP contribution in [0, 0.1) is 5.92 Å². The van der Waals surface area contributed by atoms with Crippen LogP contribution in [-0.4, -0.2) is 50.5 Å². The SMILES string of the molecule is O=C1CCCN1C[C@H]1CCn2nccc2CN1C(=O)C1CC=CC1. The summed E-state index contributed by atoms with van der Waals surface area (Å²) in [6, 6.07) is 2.08. The molecule has 2 aliphatic heterocycles. The molecule has 128 valence electrons. The van der Waals surface area contributed by atoms with Gasteiger partial charge in [0.2, 0.25) is 11.8 Å². The maximum atomic E-state index is 13.1. The third-order valence-electron chi connectivity index (χ3n) is 5.49. The van der Waals surface area contributed by atoms with E-state index in [1.807, 2.05) is 20.5 Å². The van der Waals surface area contributed by atoms with Crippen LogP contribution in [-0.2, 0) is 22.7 Å². The summed E-state index contributed by atoms with van der Waals surface area (Å²) in [7, 11) is 0. The molecule has 0 saturated carbocycles. The summed E-state index contributed by atoms with van der Waals surface area (Å²) in [4.78, 5) is 29.1. The summed E-state index contributed by atoms with van der Waals surface area (Å²) in [6.07, 6.45) is 10.1. The highest BCUT2D eigenvalue weighted by Crippen LogP contribution is 2.26. The lowest BCUT2D eigenvalue weighted by Gasteiger charge is -2.34. The molecule has 4 rings (SSSR count). The van der Waals surface area contributed by atoms with Crippen molar-refractivity contribution < 1.29 is 9.59 Å². The minimum Gasteiger partial charge on any atom is -0.341 e. The van der Waals surface area contributed by atoms with Crippen LogP contribution in [0.4, 0.5) is 0 Å². The van der Waals surface area contributed by atoms with Crippen LogP contribution in [0.3, 0.4) is 0 Å². The average Bonchev–Trinajstić information content (AvgIpc) is 3.30. The molecule has 3 heterocycles. The normalized spacial score (nSPS) is 24.5. The van der Waals surface area contributed by atoms with Crippen LogP contribution in [0.25, 0.3) is 0 Å². The molecule has 0 bridgehead atoms. The number of hydrogen-bond donors (Lipinski definition) is 0. The highest BCUT2D eigenvalue weighted by molar-refractivity contribution is 5.80. The van der Waals surface area contributed by atoms with Crippen molar-refractivity contribution in [3.63, 3.8) is 0 Å². The fourth-order valence-electron chi connectivity index (χ4n) is 4.08. The zero-order chi connectivity index (χ0) is 16.5. The van der Waals surface area contributed by atoms with Crippen molar-refractivity contribution >= 4 is 11.8 Å². The first kappa shape index (κ1) is 15.4. The zero-order valence-corrected chi connectivity index (χ0v) is 13.9. The summed E-state index contributed by atoms with van der Waals surface area (Å²) in [5.41, 5.74) is 1.09. The highest BCUT2D eigenvalue weighted by atomic mass is 16.2. The predicted octanol–water partition coefficient (Wildman–Crippen LogP) is 1.57. The molecule has 1 aromatic rings. The van der Waals surface area contributed by atoms with Gasteiger partial charge in [0, 0.05) is 38.2 Å². The summed E-state index contributed by atoms with van der Waals surface area (Å²) >= 11 is 0. The van der Waals surface area contributed by atoms with Crippen LogP contribution in [0.2, 0.25) is 0 Å². The summed E-state index contributed by atoms with van der Waals surface area (Å²) < 4.78 is 2.00. The second-order valence-electron chi connectivity index (χ2n) is 7.04. The Labute approximate surface area is 142 Å². The van der Waals surface area contributed by atoms with E-state index in [0.29, 0.717) is 19.5 Å². The Kier molecular flexibility index (Phi) is 4.12. The molecule has 0 radical (unpaired) electrons. The number of aryl methyl sites for hydroxylation is 1. The van der Waals surface area contributed by atoms with E-state index in [4.69, 9.17) is 0 Å². The van der Waals surface area contributed by atoms with Crippen LogP contribution < -0.4 is 0 Å². The smallest absolute Gasteiger partial charge is 0.226 e. The molecule has 0 N–H and O–H groups in total. The lowest BCUT2D eigenvalue weighted by molar-refractivity contribution is -0.140. The van der Waals surface area contributed by atoms with Gasteiger partial charge < -0.3 is 9.80 Å². The number of allylic oxidation sites excluding steroid dienone is 2. The van der Waals surface area contributed by atoms with Gasteiger partial charge >= 0.3 is 0 Å². The molecule has 3 aliphatic rings. The minimum absolute atomic E-state index is 0.0660. The Morgan fingerprint density at radius 2 is 2.08 bits per heavy atom. The second-order valence-corrected chi connectivity index (χ2v) is 7.04. The van der Waals surface area contributed by atoms with E-state index in [2.05, 4.69) is 17.3 Å². The van der Waals surface area contributed by atoms with Gasteiger partial charge in [0.05, 0.1) is 18.3 Å². The molecule has 1 atom stereocenters. The van der Waals surface area contributed by atoms with Gasteiger partial charge in [0.15, 0.2) is 0 Å². The minimum atomic E-state index is 0.0660. The van der Waals surface area contributed by atoms with Crippen molar-refractivity contribution in [1.29, 1.82) is 0 Å². The fraction of sp³-hybridized carbons (Fsp3) is 0.611. The summed E-state index contributed by atoms with van der Waals surface area (Å²) in [6.45, 7) is 2.90. The van der Waals surface area contributed by atoms with Crippen molar-refractivity contribution in [3.8, 4) is 0 Å². The van der Waals surface area contributed by atoms with E-state index in [0.717, 1.165) is 44.5 Å². The average molecular weight is 328 g/mol. The van der Waals surface area contributed by atoms with Crippen molar-refractivity contribution in [1.82, 2.24) is 19.6 Å². The number of amides is 2. The number of likely N-dealkylation sites (tertiary alicyclic amines) is 1. The zero-order valence-electron chi connectivity index (χ0n) is 13.9. The molecule has 6 nitrogen and oxygen atoms in total. The van der Waals surface area contributed by atoms with Crippen molar-refractivity contribution in [2.45, 2.75) is 51.2 Å². The highest BCUT2D eigenvalue weighted by Gasteiger charge is 2.34. The maximum absolute atomic E-state index is 13.1. The second kappa shape index (κ2) is 6.42. The third kappa shape index (κ3) is 2.85. The molecule has 1 saturated heterocycles. The summed E-state index contributed by atoms with van der Waals surface area (Å²) in [5.74, 6) is 0.523. The maximum Gasteiger partial charge on any atom is 0.226 e. The van der Waals surface area contributed by atoms with Gasteiger partial charge in [-0.15, -0.1) is 0 Å². The van der Waals surface area contributed by atoms with Gasteiger partial charge in [-0.1, -0.05) is 12.2 Å². The van der Waals surface area contributed by atoms with Crippen LogP contribution in [0.1, 0.15) is 37.8 Å². The van der Waals surface area contributed by atoms with E-state index in [9.17, 15) is 9.59 Å². The largest absolute Gasteiger partial charge is 0.341 e. The molecule has 6 heteroatoms. The number of carbonyl (C=O) groups is 2. The number of hydrogen-bond acceptors (Lipinski definition) is 3. The number of rotatable bonds is 3. The molecular formula is C18H24N4O2. The van der Waals surface area contributed by atoms with E-state index < -0.39 is 0 Å². The molecule has 1 aliphatic carbocycles. The van der Waals surface area contributed by atoms with Crippen molar-refractivity contribution in [3.05, 3.63) is 30.1 Å². The Bertz CT molecular complexity index is 658. The molecule has 0 aromatic carbocycles. The van der Waals surface area contributed by atoms with E-state index in [1.54, 1.807) is 6.20 Å². The monoisotopic (exact) mass is 328 g/mol.